The summed E-state index contributed by atoms with van der Waals surface area (Å²) in [6, 6.07) is 53.4. The Morgan fingerprint density at radius 1 is 0.333 bits per heavy atom. The van der Waals surface area contributed by atoms with Crippen LogP contribution < -0.4 is 0 Å². The summed E-state index contributed by atoms with van der Waals surface area (Å²) in [7, 11) is 0. The number of hydrogen-bond acceptors (Lipinski definition) is 4. The fourth-order valence-electron chi connectivity index (χ4n) is 6.31. The zero-order valence-corrected chi connectivity index (χ0v) is 25.0. The van der Waals surface area contributed by atoms with Gasteiger partial charge in [0.05, 0.1) is 0 Å². The maximum atomic E-state index is 4.95. The highest BCUT2D eigenvalue weighted by Gasteiger charge is 2.15. The highest BCUT2D eigenvalue weighted by Crippen LogP contribution is 2.41. The molecular formula is C41H25N3S. The number of rotatable bonds is 4. The van der Waals surface area contributed by atoms with Crippen LogP contribution in [0.4, 0.5) is 0 Å². The number of thiophene rings is 1. The molecule has 0 aliphatic carbocycles. The van der Waals surface area contributed by atoms with Gasteiger partial charge in [-0.15, -0.1) is 11.3 Å². The van der Waals surface area contributed by atoms with Gasteiger partial charge in [0.1, 0.15) is 0 Å². The summed E-state index contributed by atoms with van der Waals surface area (Å²) in [5, 5.41) is 7.61. The second-order valence-corrected chi connectivity index (χ2v) is 12.3. The van der Waals surface area contributed by atoms with Gasteiger partial charge in [0.25, 0.3) is 0 Å². The average Bonchev–Trinajstić information content (AvgIpc) is 3.49. The van der Waals surface area contributed by atoms with Crippen LogP contribution in [-0.2, 0) is 0 Å². The summed E-state index contributed by atoms with van der Waals surface area (Å²) < 4.78 is 2.48. The Balaban J connectivity index is 1.19. The summed E-state index contributed by atoms with van der Waals surface area (Å²) in [6.45, 7) is 0. The SMILES string of the molecule is c1ccc(-c2nc(-c3ccccc3)nc(-c3ccc4c(c3)sc3ccc(-c5cc6ccccc6c6ccccc56)cc34)n2)cc1. The van der Waals surface area contributed by atoms with Crippen LogP contribution in [0.1, 0.15) is 0 Å². The first-order valence-corrected chi connectivity index (χ1v) is 15.8. The molecule has 4 heteroatoms. The summed E-state index contributed by atoms with van der Waals surface area (Å²) in [4.78, 5) is 14.8. The summed E-state index contributed by atoms with van der Waals surface area (Å²) >= 11 is 1.81. The fourth-order valence-corrected chi connectivity index (χ4v) is 7.44. The van der Waals surface area contributed by atoms with Gasteiger partial charge in [-0.1, -0.05) is 127 Å². The third-order valence-corrected chi connectivity index (χ3v) is 9.64. The molecule has 0 bridgehead atoms. The molecule has 0 fully saturated rings. The van der Waals surface area contributed by atoms with E-state index in [0.717, 1.165) is 16.7 Å². The van der Waals surface area contributed by atoms with Crippen LogP contribution in [0.2, 0.25) is 0 Å². The van der Waals surface area contributed by atoms with Crippen molar-refractivity contribution in [1.82, 2.24) is 15.0 Å². The molecule has 0 radical (unpaired) electrons. The molecule has 210 valence electrons. The minimum atomic E-state index is 0.670. The van der Waals surface area contributed by atoms with E-state index in [4.69, 9.17) is 15.0 Å². The maximum absolute atomic E-state index is 4.95. The molecule has 3 nitrogen and oxygen atoms in total. The maximum Gasteiger partial charge on any atom is 0.164 e. The molecule has 0 aliphatic rings. The van der Waals surface area contributed by atoms with Gasteiger partial charge in [0, 0.05) is 36.9 Å². The van der Waals surface area contributed by atoms with E-state index in [-0.39, 0.29) is 0 Å². The van der Waals surface area contributed by atoms with Crippen LogP contribution in [0.5, 0.6) is 0 Å². The molecule has 2 aromatic heterocycles. The Morgan fingerprint density at radius 2 is 0.911 bits per heavy atom. The van der Waals surface area contributed by atoms with E-state index in [1.165, 1.54) is 52.8 Å². The molecule has 0 saturated carbocycles. The Kier molecular flexibility index (Phi) is 6.00. The normalized spacial score (nSPS) is 11.6. The lowest BCUT2D eigenvalue weighted by Gasteiger charge is -2.11. The molecule has 0 spiro atoms. The minimum absolute atomic E-state index is 0.670. The first-order valence-electron chi connectivity index (χ1n) is 15.0. The van der Waals surface area contributed by atoms with E-state index >= 15 is 0 Å². The van der Waals surface area contributed by atoms with Crippen molar-refractivity contribution in [3.05, 3.63) is 152 Å². The molecule has 0 saturated heterocycles. The van der Waals surface area contributed by atoms with Crippen LogP contribution in [-0.4, -0.2) is 15.0 Å². The topological polar surface area (TPSA) is 38.7 Å². The monoisotopic (exact) mass is 591 g/mol. The van der Waals surface area contributed by atoms with Crippen molar-refractivity contribution in [2.45, 2.75) is 0 Å². The Morgan fingerprint density at radius 3 is 1.62 bits per heavy atom. The Hall–Kier alpha value is -5.71. The van der Waals surface area contributed by atoms with Crippen LogP contribution in [0.15, 0.2) is 152 Å². The minimum Gasteiger partial charge on any atom is -0.208 e. The van der Waals surface area contributed by atoms with Gasteiger partial charge in [0.2, 0.25) is 0 Å². The lowest BCUT2D eigenvalue weighted by atomic mass is 9.93. The molecule has 0 amide bonds. The second kappa shape index (κ2) is 10.5. The third kappa shape index (κ3) is 4.46. The van der Waals surface area contributed by atoms with Gasteiger partial charge in [-0.3, -0.25) is 0 Å². The number of aromatic nitrogens is 3. The predicted molar refractivity (Wildman–Crippen MR) is 189 cm³/mol. The van der Waals surface area contributed by atoms with Crippen molar-refractivity contribution < 1.29 is 0 Å². The van der Waals surface area contributed by atoms with Crippen LogP contribution in [0.25, 0.3) is 87.0 Å². The molecular weight excluding hydrogens is 567 g/mol. The number of hydrogen-bond donors (Lipinski definition) is 0. The van der Waals surface area contributed by atoms with E-state index in [9.17, 15) is 0 Å². The van der Waals surface area contributed by atoms with E-state index in [1.54, 1.807) is 0 Å². The Bertz CT molecular complexity index is 2480. The molecule has 7 aromatic carbocycles. The lowest BCUT2D eigenvalue weighted by molar-refractivity contribution is 1.07. The average molecular weight is 592 g/mol. The van der Waals surface area contributed by atoms with E-state index in [2.05, 4.69) is 91.0 Å². The van der Waals surface area contributed by atoms with Gasteiger partial charge >= 0.3 is 0 Å². The summed E-state index contributed by atoms with van der Waals surface area (Å²) in [5.41, 5.74) is 5.40. The van der Waals surface area contributed by atoms with Crippen molar-refractivity contribution in [2.24, 2.45) is 0 Å². The number of fused-ring (bicyclic) bond motifs is 6. The van der Waals surface area contributed by atoms with Crippen molar-refractivity contribution >= 4 is 53.1 Å². The first-order chi connectivity index (χ1) is 22.3. The molecule has 45 heavy (non-hydrogen) atoms. The number of benzene rings is 7. The highest BCUT2D eigenvalue weighted by molar-refractivity contribution is 7.25. The van der Waals surface area contributed by atoms with Crippen LogP contribution in [0.3, 0.4) is 0 Å². The zero-order valence-electron chi connectivity index (χ0n) is 24.2. The molecule has 9 rings (SSSR count). The van der Waals surface area contributed by atoms with E-state index < -0.39 is 0 Å². The molecule has 0 aliphatic heterocycles. The van der Waals surface area contributed by atoms with Gasteiger partial charge in [-0.05, 0) is 56.9 Å². The third-order valence-electron chi connectivity index (χ3n) is 8.51. The summed E-state index contributed by atoms with van der Waals surface area (Å²) in [5.74, 6) is 2.01. The molecule has 0 N–H and O–H groups in total. The lowest BCUT2D eigenvalue weighted by Crippen LogP contribution is -1.99. The zero-order chi connectivity index (χ0) is 29.7. The highest BCUT2D eigenvalue weighted by atomic mass is 32.1. The fraction of sp³-hybridized carbons (Fsp3) is 0. The van der Waals surface area contributed by atoms with Gasteiger partial charge in [-0.25, -0.2) is 15.0 Å². The van der Waals surface area contributed by atoms with Crippen LogP contribution in [0, 0.1) is 0 Å². The quantitative estimate of drug-likeness (QED) is 0.191. The van der Waals surface area contributed by atoms with Crippen molar-refractivity contribution in [3.63, 3.8) is 0 Å². The van der Waals surface area contributed by atoms with Crippen LogP contribution >= 0.6 is 11.3 Å². The van der Waals surface area contributed by atoms with E-state index in [0.29, 0.717) is 17.5 Å². The van der Waals surface area contributed by atoms with Gasteiger partial charge < -0.3 is 0 Å². The second-order valence-electron chi connectivity index (χ2n) is 11.3. The number of nitrogens with zero attached hydrogens (tertiary/aromatic N) is 3. The molecule has 0 unspecified atom stereocenters. The van der Waals surface area contributed by atoms with Crippen molar-refractivity contribution in [1.29, 1.82) is 0 Å². The first kappa shape index (κ1) is 25.8. The summed E-state index contributed by atoms with van der Waals surface area (Å²) in [6.07, 6.45) is 0. The molecule has 2 heterocycles. The van der Waals surface area contributed by atoms with Gasteiger partial charge in [-0.2, -0.15) is 0 Å². The van der Waals surface area contributed by atoms with Crippen molar-refractivity contribution in [3.8, 4) is 45.3 Å². The van der Waals surface area contributed by atoms with Gasteiger partial charge in [0.15, 0.2) is 17.5 Å². The Labute approximate surface area is 264 Å². The molecule has 0 atom stereocenters. The largest absolute Gasteiger partial charge is 0.208 e. The van der Waals surface area contributed by atoms with E-state index in [1.807, 2.05) is 72.0 Å². The smallest absolute Gasteiger partial charge is 0.164 e. The standard InChI is InChI=1S/C41H25N3S/c1-3-11-26(12-4-1)39-42-40(27-13-5-2-6-14-27)44-41(43-39)30-19-21-34-36-24-29(20-22-37(36)45-38(34)25-30)35-23-28-15-7-8-16-31(28)32-17-9-10-18-33(32)35/h1-25H. The molecule has 9 aromatic rings. The van der Waals surface area contributed by atoms with Crippen molar-refractivity contribution in [2.75, 3.05) is 0 Å². The predicted octanol–water partition coefficient (Wildman–Crippen LogP) is 11.2.